The lowest BCUT2D eigenvalue weighted by atomic mass is 10.0. The lowest BCUT2D eigenvalue weighted by molar-refractivity contribution is 0.169. The van der Waals surface area contributed by atoms with E-state index in [9.17, 15) is 5.11 Å². The molecular weight excluding hydrogens is 294 g/mol. The molecule has 2 aromatic carbocycles. The summed E-state index contributed by atoms with van der Waals surface area (Å²) in [6, 6.07) is 16.4. The lowest BCUT2D eigenvalue weighted by Gasteiger charge is -2.27. The molecule has 3 nitrogen and oxygen atoms in total. The van der Waals surface area contributed by atoms with E-state index in [-0.39, 0.29) is 0 Å². The number of hydrogen-bond acceptors (Lipinski definition) is 4. The van der Waals surface area contributed by atoms with Gasteiger partial charge in [-0.25, -0.2) is 0 Å². The first-order valence-corrected chi connectivity index (χ1v) is 8.53. The van der Waals surface area contributed by atoms with Gasteiger partial charge in [0, 0.05) is 17.5 Å². The van der Waals surface area contributed by atoms with E-state index in [2.05, 4.69) is 29.6 Å². The van der Waals surface area contributed by atoms with Crippen LogP contribution in [0.4, 0.5) is 0 Å². The first-order valence-electron chi connectivity index (χ1n) is 7.55. The molecule has 2 aromatic rings. The summed E-state index contributed by atoms with van der Waals surface area (Å²) in [6.07, 6.45) is 0.587. The molecule has 2 atom stereocenters. The maximum absolute atomic E-state index is 10.4. The van der Waals surface area contributed by atoms with Gasteiger partial charge in [0.15, 0.2) is 0 Å². The van der Waals surface area contributed by atoms with E-state index in [1.807, 2.05) is 36.0 Å². The zero-order valence-corrected chi connectivity index (χ0v) is 13.5. The van der Waals surface area contributed by atoms with Crippen LogP contribution in [0.2, 0.25) is 0 Å². The number of ether oxygens (including phenoxy) is 1. The number of benzene rings is 2. The van der Waals surface area contributed by atoms with Crippen molar-refractivity contribution in [2.45, 2.75) is 23.5 Å². The number of nitrogens with one attached hydrogen (secondary N) is 1. The zero-order valence-electron chi connectivity index (χ0n) is 12.7. The molecule has 116 valence electrons. The van der Waals surface area contributed by atoms with Gasteiger partial charge in [0.05, 0.1) is 13.2 Å². The molecule has 3 rings (SSSR count). The van der Waals surface area contributed by atoms with Crippen LogP contribution in [0.3, 0.4) is 0 Å². The third-order valence-electron chi connectivity index (χ3n) is 4.02. The highest BCUT2D eigenvalue weighted by Gasteiger charge is 2.20. The molecule has 2 N–H and O–H groups in total. The van der Waals surface area contributed by atoms with Gasteiger partial charge in [-0.15, -0.1) is 11.8 Å². The van der Waals surface area contributed by atoms with Gasteiger partial charge in [0.2, 0.25) is 0 Å². The molecule has 1 aliphatic heterocycles. The fraction of sp³-hybridized carbons (Fsp3) is 0.333. The Hall–Kier alpha value is -1.49. The van der Waals surface area contributed by atoms with Crippen LogP contribution in [0.15, 0.2) is 53.4 Å². The van der Waals surface area contributed by atoms with Gasteiger partial charge in [-0.1, -0.05) is 30.3 Å². The van der Waals surface area contributed by atoms with E-state index in [1.165, 1.54) is 10.5 Å². The van der Waals surface area contributed by atoms with Crippen molar-refractivity contribution in [1.29, 1.82) is 0 Å². The predicted octanol–water partition coefficient (Wildman–Crippen LogP) is 3.56. The Kier molecular flexibility index (Phi) is 5.03. The first-order chi connectivity index (χ1) is 10.8. The SMILES string of the molecule is COc1ccc(C(O)CNC2CCSc3ccccc32)cc1. The number of methoxy groups -OCH3 is 1. The zero-order chi connectivity index (χ0) is 15.4. The van der Waals surface area contributed by atoms with Crippen LogP contribution in [-0.4, -0.2) is 24.5 Å². The highest BCUT2D eigenvalue weighted by atomic mass is 32.2. The quantitative estimate of drug-likeness (QED) is 0.885. The molecule has 0 aromatic heterocycles. The highest BCUT2D eigenvalue weighted by molar-refractivity contribution is 7.99. The van der Waals surface area contributed by atoms with Gasteiger partial charge in [0.1, 0.15) is 5.75 Å². The molecule has 0 spiro atoms. The summed E-state index contributed by atoms with van der Waals surface area (Å²) in [5.74, 6) is 1.93. The van der Waals surface area contributed by atoms with E-state index in [1.54, 1.807) is 7.11 Å². The van der Waals surface area contributed by atoms with E-state index in [0.717, 1.165) is 23.5 Å². The lowest BCUT2D eigenvalue weighted by Crippen LogP contribution is -2.28. The molecule has 1 aliphatic rings. The molecule has 22 heavy (non-hydrogen) atoms. The molecule has 0 saturated carbocycles. The van der Waals surface area contributed by atoms with Crippen molar-refractivity contribution in [2.75, 3.05) is 19.4 Å². The minimum absolute atomic E-state index is 0.324. The van der Waals surface area contributed by atoms with Crippen LogP contribution in [-0.2, 0) is 0 Å². The van der Waals surface area contributed by atoms with Crippen molar-refractivity contribution >= 4 is 11.8 Å². The molecule has 2 unspecified atom stereocenters. The minimum atomic E-state index is -0.507. The maximum atomic E-state index is 10.4. The predicted molar refractivity (Wildman–Crippen MR) is 90.5 cm³/mol. The van der Waals surface area contributed by atoms with Crippen molar-refractivity contribution in [2.24, 2.45) is 0 Å². The monoisotopic (exact) mass is 315 g/mol. The molecule has 0 fully saturated rings. The van der Waals surface area contributed by atoms with Crippen molar-refractivity contribution < 1.29 is 9.84 Å². The highest BCUT2D eigenvalue weighted by Crippen LogP contribution is 2.35. The first kappa shape index (κ1) is 15.4. The normalized spacial score (nSPS) is 18.5. The Morgan fingerprint density at radius 3 is 2.77 bits per heavy atom. The number of thioether (sulfide) groups is 1. The summed E-state index contributed by atoms with van der Waals surface area (Å²) in [5.41, 5.74) is 2.26. The average Bonchev–Trinajstić information content (AvgIpc) is 2.59. The minimum Gasteiger partial charge on any atom is -0.497 e. The van der Waals surface area contributed by atoms with Crippen LogP contribution in [0.1, 0.15) is 29.7 Å². The fourth-order valence-corrected chi connectivity index (χ4v) is 3.88. The number of aliphatic hydroxyl groups is 1. The van der Waals surface area contributed by atoms with E-state index < -0.39 is 6.10 Å². The van der Waals surface area contributed by atoms with Gasteiger partial charge in [0.25, 0.3) is 0 Å². The third kappa shape index (κ3) is 3.46. The van der Waals surface area contributed by atoms with Crippen LogP contribution < -0.4 is 10.1 Å². The molecular formula is C18H21NO2S. The van der Waals surface area contributed by atoms with Crippen molar-refractivity contribution in [3.63, 3.8) is 0 Å². The average molecular weight is 315 g/mol. The Bertz CT molecular complexity index is 615. The third-order valence-corrected chi connectivity index (χ3v) is 5.14. The van der Waals surface area contributed by atoms with Gasteiger partial charge < -0.3 is 15.2 Å². The molecule has 4 heteroatoms. The van der Waals surface area contributed by atoms with E-state index in [4.69, 9.17) is 4.74 Å². The van der Waals surface area contributed by atoms with E-state index >= 15 is 0 Å². The Morgan fingerprint density at radius 2 is 2.00 bits per heavy atom. The Labute approximate surface area is 135 Å². The Morgan fingerprint density at radius 1 is 1.23 bits per heavy atom. The van der Waals surface area contributed by atoms with Crippen LogP contribution >= 0.6 is 11.8 Å². The summed E-state index contributed by atoms with van der Waals surface area (Å²) in [6.45, 7) is 0.552. The molecule has 0 radical (unpaired) electrons. The maximum Gasteiger partial charge on any atom is 0.118 e. The second-order valence-corrected chi connectivity index (χ2v) is 6.56. The summed E-state index contributed by atoms with van der Waals surface area (Å²) in [5, 5.41) is 13.9. The van der Waals surface area contributed by atoms with Gasteiger partial charge in [-0.3, -0.25) is 0 Å². The van der Waals surface area contributed by atoms with Gasteiger partial charge in [-0.2, -0.15) is 0 Å². The largest absolute Gasteiger partial charge is 0.497 e. The van der Waals surface area contributed by atoms with Crippen LogP contribution in [0, 0.1) is 0 Å². The summed E-state index contributed by atoms with van der Waals surface area (Å²) < 4.78 is 5.14. The van der Waals surface area contributed by atoms with Crippen molar-refractivity contribution in [3.8, 4) is 5.75 Å². The smallest absolute Gasteiger partial charge is 0.118 e. The molecule has 1 heterocycles. The van der Waals surface area contributed by atoms with Crippen molar-refractivity contribution in [1.82, 2.24) is 5.32 Å². The molecule has 0 aliphatic carbocycles. The van der Waals surface area contributed by atoms with Crippen molar-refractivity contribution in [3.05, 3.63) is 59.7 Å². The number of hydrogen-bond donors (Lipinski definition) is 2. The standard InChI is InChI=1S/C18H21NO2S/c1-21-14-8-6-13(7-9-14)17(20)12-19-16-10-11-22-18-5-3-2-4-15(16)18/h2-9,16-17,19-20H,10-12H2,1H3. The molecule has 0 amide bonds. The van der Waals surface area contributed by atoms with Crippen LogP contribution in [0.5, 0.6) is 5.75 Å². The summed E-state index contributed by atoms with van der Waals surface area (Å²) in [7, 11) is 1.64. The number of fused-ring (bicyclic) bond motifs is 1. The van der Waals surface area contributed by atoms with Gasteiger partial charge in [-0.05, 0) is 41.5 Å². The van der Waals surface area contributed by atoms with E-state index in [0.29, 0.717) is 12.6 Å². The second-order valence-electron chi connectivity index (χ2n) is 5.42. The number of rotatable bonds is 5. The summed E-state index contributed by atoms with van der Waals surface area (Å²) in [4.78, 5) is 1.35. The fourth-order valence-electron chi connectivity index (χ4n) is 2.75. The number of aliphatic hydroxyl groups excluding tert-OH is 1. The van der Waals surface area contributed by atoms with Gasteiger partial charge >= 0.3 is 0 Å². The topological polar surface area (TPSA) is 41.5 Å². The Balaban J connectivity index is 1.62. The molecule has 0 saturated heterocycles. The summed E-state index contributed by atoms with van der Waals surface area (Å²) >= 11 is 1.91. The van der Waals surface area contributed by atoms with Crippen LogP contribution in [0.25, 0.3) is 0 Å². The second kappa shape index (κ2) is 7.18. The molecule has 0 bridgehead atoms.